The van der Waals surface area contributed by atoms with Gasteiger partial charge in [-0.3, -0.25) is 0 Å². The van der Waals surface area contributed by atoms with Crippen LogP contribution in [-0.2, 0) is 12.8 Å². The summed E-state index contributed by atoms with van der Waals surface area (Å²) in [6.45, 7) is 2.14. The lowest BCUT2D eigenvalue weighted by Crippen LogP contribution is -2.01. The summed E-state index contributed by atoms with van der Waals surface area (Å²) in [5.41, 5.74) is 0.775. The molecule has 96 valence electrons. The molecule has 2 rings (SSSR count). The summed E-state index contributed by atoms with van der Waals surface area (Å²) in [7, 11) is 0. The summed E-state index contributed by atoms with van der Waals surface area (Å²) in [4.78, 5) is 2.54. The van der Waals surface area contributed by atoms with Gasteiger partial charge < -0.3 is 5.11 Å². The molecule has 1 aromatic heterocycles. The van der Waals surface area contributed by atoms with Crippen molar-refractivity contribution in [3.8, 4) is 0 Å². The Hall–Kier alpha value is -0.350. The van der Waals surface area contributed by atoms with E-state index in [1.54, 1.807) is 17.4 Å². The Balaban J connectivity index is 2.16. The number of aliphatic hydroxyl groups is 1. The van der Waals surface area contributed by atoms with Crippen molar-refractivity contribution in [1.82, 2.24) is 0 Å². The second-order valence-electron chi connectivity index (χ2n) is 4.11. The van der Waals surface area contributed by atoms with Gasteiger partial charge in [0.05, 0.1) is 6.10 Å². The lowest BCUT2D eigenvalue weighted by Gasteiger charge is -2.12. The number of benzene rings is 1. The number of hydrogen-bond donors (Lipinski definition) is 1. The third-order valence-corrected chi connectivity index (χ3v) is 4.87. The summed E-state index contributed by atoms with van der Waals surface area (Å²) in [5, 5.41) is 10.9. The lowest BCUT2D eigenvalue weighted by atomic mass is 10.1. The maximum atomic E-state index is 10.3. The first-order valence-corrected chi connectivity index (χ1v) is 7.79. The minimum atomic E-state index is -0.557. The van der Waals surface area contributed by atoms with E-state index >= 15 is 0 Å². The van der Waals surface area contributed by atoms with Gasteiger partial charge in [-0.2, -0.15) is 0 Å². The predicted octanol–water partition coefficient (Wildman–Crippen LogP) is 5.00. The summed E-state index contributed by atoms with van der Waals surface area (Å²) in [5.74, 6) is 0. The zero-order chi connectivity index (χ0) is 13.1. The Labute approximate surface area is 125 Å². The molecule has 0 aliphatic rings. The fourth-order valence-electron chi connectivity index (χ4n) is 1.79. The maximum Gasteiger partial charge on any atom is 0.0853 e. The van der Waals surface area contributed by atoms with E-state index in [4.69, 9.17) is 11.6 Å². The molecule has 1 N–H and O–H groups in total. The number of aliphatic hydroxyl groups excluding tert-OH is 1. The van der Waals surface area contributed by atoms with Crippen molar-refractivity contribution in [3.63, 3.8) is 0 Å². The van der Waals surface area contributed by atoms with Crippen LogP contribution in [0.4, 0.5) is 0 Å². The standard InChI is InChI=1S/C14H14BrClOS/c1-2-10-4-5-11(18-10)8-14(17)12-7-9(15)3-6-13(12)16/h3-7,14,17H,2,8H2,1H3. The SMILES string of the molecule is CCc1ccc(CC(O)c2cc(Br)ccc2Cl)s1. The molecule has 0 radical (unpaired) electrons. The van der Waals surface area contributed by atoms with Crippen LogP contribution in [0.25, 0.3) is 0 Å². The molecule has 0 fully saturated rings. The van der Waals surface area contributed by atoms with Crippen molar-refractivity contribution in [2.75, 3.05) is 0 Å². The van der Waals surface area contributed by atoms with Crippen molar-refractivity contribution in [2.45, 2.75) is 25.9 Å². The molecule has 0 spiro atoms. The molecule has 0 amide bonds. The lowest BCUT2D eigenvalue weighted by molar-refractivity contribution is 0.179. The fraction of sp³-hybridized carbons (Fsp3) is 0.286. The van der Waals surface area contributed by atoms with Gasteiger partial charge in [0.2, 0.25) is 0 Å². The van der Waals surface area contributed by atoms with Crippen molar-refractivity contribution in [3.05, 3.63) is 55.1 Å². The average molecular weight is 346 g/mol. The van der Waals surface area contributed by atoms with Crippen LogP contribution in [0, 0.1) is 0 Å². The Morgan fingerprint density at radius 3 is 2.67 bits per heavy atom. The zero-order valence-electron chi connectivity index (χ0n) is 9.99. The van der Waals surface area contributed by atoms with Crippen LogP contribution < -0.4 is 0 Å². The topological polar surface area (TPSA) is 20.2 Å². The molecule has 0 aliphatic carbocycles. The first-order chi connectivity index (χ1) is 8.60. The van der Waals surface area contributed by atoms with Gasteiger partial charge in [-0.1, -0.05) is 34.5 Å². The number of rotatable bonds is 4. The number of aryl methyl sites for hydroxylation is 1. The van der Waals surface area contributed by atoms with E-state index in [9.17, 15) is 5.11 Å². The van der Waals surface area contributed by atoms with Crippen LogP contribution >= 0.6 is 38.9 Å². The molecule has 1 aromatic carbocycles. The van der Waals surface area contributed by atoms with E-state index in [1.165, 1.54) is 9.75 Å². The largest absolute Gasteiger partial charge is 0.388 e. The van der Waals surface area contributed by atoms with Crippen LogP contribution in [-0.4, -0.2) is 5.11 Å². The van der Waals surface area contributed by atoms with Gasteiger partial charge in [0.1, 0.15) is 0 Å². The van der Waals surface area contributed by atoms with E-state index in [0.717, 1.165) is 16.5 Å². The molecule has 2 aromatic rings. The van der Waals surface area contributed by atoms with Crippen molar-refractivity contribution >= 4 is 38.9 Å². The highest BCUT2D eigenvalue weighted by molar-refractivity contribution is 9.10. The highest BCUT2D eigenvalue weighted by Gasteiger charge is 2.14. The van der Waals surface area contributed by atoms with Crippen molar-refractivity contribution in [1.29, 1.82) is 0 Å². The summed E-state index contributed by atoms with van der Waals surface area (Å²) in [6, 6.07) is 9.75. The third-order valence-electron chi connectivity index (χ3n) is 2.78. The van der Waals surface area contributed by atoms with Crippen LogP contribution in [0.5, 0.6) is 0 Å². The predicted molar refractivity (Wildman–Crippen MR) is 81.5 cm³/mol. The number of thiophene rings is 1. The van der Waals surface area contributed by atoms with E-state index in [0.29, 0.717) is 11.4 Å². The molecule has 0 saturated heterocycles. The van der Waals surface area contributed by atoms with Gasteiger partial charge in [-0.05, 0) is 36.8 Å². The van der Waals surface area contributed by atoms with Gasteiger partial charge in [0, 0.05) is 31.2 Å². The summed E-state index contributed by atoms with van der Waals surface area (Å²) in [6.07, 6.45) is 1.09. The molecule has 1 unspecified atom stereocenters. The van der Waals surface area contributed by atoms with Gasteiger partial charge in [0.25, 0.3) is 0 Å². The first kappa shape index (κ1) is 14.1. The monoisotopic (exact) mass is 344 g/mol. The summed E-state index contributed by atoms with van der Waals surface area (Å²) >= 11 is 11.3. The second kappa shape index (κ2) is 6.20. The van der Waals surface area contributed by atoms with Crippen LogP contribution in [0.15, 0.2) is 34.8 Å². The molecule has 4 heteroatoms. The molecular weight excluding hydrogens is 332 g/mol. The molecule has 0 aliphatic heterocycles. The first-order valence-electron chi connectivity index (χ1n) is 5.80. The minimum Gasteiger partial charge on any atom is -0.388 e. The second-order valence-corrected chi connectivity index (χ2v) is 6.68. The smallest absolute Gasteiger partial charge is 0.0853 e. The highest BCUT2D eigenvalue weighted by Crippen LogP contribution is 2.30. The quantitative estimate of drug-likeness (QED) is 0.826. The third kappa shape index (κ3) is 3.35. The van der Waals surface area contributed by atoms with Crippen molar-refractivity contribution in [2.24, 2.45) is 0 Å². The molecule has 1 heterocycles. The number of halogens is 2. The Morgan fingerprint density at radius 1 is 1.28 bits per heavy atom. The van der Waals surface area contributed by atoms with Crippen molar-refractivity contribution < 1.29 is 5.11 Å². The average Bonchev–Trinajstić information content (AvgIpc) is 2.80. The van der Waals surface area contributed by atoms with Crippen LogP contribution in [0.1, 0.15) is 28.3 Å². The molecule has 0 saturated carbocycles. The maximum absolute atomic E-state index is 10.3. The van der Waals surface area contributed by atoms with Gasteiger partial charge >= 0.3 is 0 Å². The highest BCUT2D eigenvalue weighted by atomic mass is 79.9. The molecule has 18 heavy (non-hydrogen) atoms. The van der Waals surface area contributed by atoms with E-state index in [2.05, 4.69) is 35.0 Å². The van der Waals surface area contributed by atoms with E-state index < -0.39 is 6.10 Å². The Kier molecular flexibility index (Phi) is 4.84. The zero-order valence-corrected chi connectivity index (χ0v) is 13.1. The summed E-state index contributed by atoms with van der Waals surface area (Å²) < 4.78 is 0.932. The van der Waals surface area contributed by atoms with Gasteiger partial charge in [-0.15, -0.1) is 11.3 Å². The normalized spacial score (nSPS) is 12.7. The Morgan fingerprint density at radius 2 is 2.00 bits per heavy atom. The molecule has 1 nitrogen and oxygen atoms in total. The minimum absolute atomic E-state index is 0.557. The van der Waals surface area contributed by atoms with Gasteiger partial charge in [0.15, 0.2) is 0 Å². The Bertz CT molecular complexity index is 538. The molecular formula is C14H14BrClOS. The fourth-order valence-corrected chi connectivity index (χ4v) is 3.41. The van der Waals surface area contributed by atoms with Crippen LogP contribution in [0.2, 0.25) is 5.02 Å². The number of hydrogen-bond acceptors (Lipinski definition) is 2. The van der Waals surface area contributed by atoms with Gasteiger partial charge in [-0.25, -0.2) is 0 Å². The van der Waals surface area contributed by atoms with Crippen LogP contribution in [0.3, 0.4) is 0 Å². The van der Waals surface area contributed by atoms with E-state index in [-0.39, 0.29) is 0 Å². The van der Waals surface area contributed by atoms with E-state index in [1.807, 2.05) is 12.1 Å². The molecule has 0 bridgehead atoms. The molecule has 1 atom stereocenters.